The van der Waals surface area contributed by atoms with Crippen LogP contribution in [0.5, 0.6) is 11.5 Å². The Hall–Kier alpha value is -1.83. The molecule has 0 atom stereocenters. The highest BCUT2D eigenvalue weighted by Gasteiger charge is 2.31. The van der Waals surface area contributed by atoms with Crippen molar-refractivity contribution in [3.63, 3.8) is 0 Å². The van der Waals surface area contributed by atoms with Gasteiger partial charge in [0.1, 0.15) is 18.1 Å². The Balaban J connectivity index is 2.79. The Morgan fingerprint density at radius 1 is 1.38 bits per heavy atom. The summed E-state index contributed by atoms with van der Waals surface area (Å²) in [5.74, 6) is 2.42. The monoisotopic (exact) mass is 230 g/mol. The molecule has 0 saturated carbocycles. The van der Waals surface area contributed by atoms with Crippen LogP contribution in [0.25, 0.3) is 0 Å². The van der Waals surface area contributed by atoms with Gasteiger partial charge in [-0.25, -0.2) is 0 Å². The second kappa shape index (κ2) is 4.79. The van der Waals surface area contributed by atoms with Gasteiger partial charge in [0, 0.05) is 0 Å². The van der Waals surface area contributed by atoms with E-state index in [4.69, 9.17) is 11.2 Å². The van der Waals surface area contributed by atoms with Gasteiger partial charge in [0.15, 0.2) is 0 Å². The van der Waals surface area contributed by atoms with Crippen molar-refractivity contribution in [1.82, 2.24) is 0 Å². The molecule has 0 N–H and O–H groups in total. The van der Waals surface area contributed by atoms with Crippen LogP contribution in [0.3, 0.4) is 0 Å². The SMILES string of the molecule is C#CCOc1ccc(OC(F)(F)F)cc1C. The first-order valence-corrected chi connectivity index (χ1v) is 4.35. The summed E-state index contributed by atoms with van der Waals surface area (Å²) in [7, 11) is 0. The summed E-state index contributed by atoms with van der Waals surface area (Å²) in [6, 6.07) is 3.79. The fourth-order valence-electron chi connectivity index (χ4n) is 1.10. The van der Waals surface area contributed by atoms with E-state index in [0.29, 0.717) is 11.3 Å². The van der Waals surface area contributed by atoms with Crippen molar-refractivity contribution in [1.29, 1.82) is 0 Å². The number of ether oxygens (including phenoxy) is 2. The summed E-state index contributed by atoms with van der Waals surface area (Å²) in [4.78, 5) is 0. The van der Waals surface area contributed by atoms with Gasteiger partial charge < -0.3 is 9.47 Å². The van der Waals surface area contributed by atoms with Crippen LogP contribution < -0.4 is 9.47 Å². The van der Waals surface area contributed by atoms with E-state index in [0.717, 1.165) is 0 Å². The molecular weight excluding hydrogens is 221 g/mol. The molecule has 0 bridgehead atoms. The average Bonchev–Trinajstić information content (AvgIpc) is 2.14. The van der Waals surface area contributed by atoms with Crippen molar-refractivity contribution < 1.29 is 22.6 Å². The highest BCUT2D eigenvalue weighted by molar-refractivity contribution is 5.39. The molecule has 0 fully saturated rings. The predicted octanol–water partition coefficient (Wildman–Crippen LogP) is 2.91. The molecule has 2 nitrogen and oxygen atoms in total. The van der Waals surface area contributed by atoms with Crippen molar-refractivity contribution in [3.8, 4) is 23.8 Å². The predicted molar refractivity (Wildman–Crippen MR) is 52.2 cm³/mol. The number of hydrogen-bond acceptors (Lipinski definition) is 2. The number of alkyl halides is 3. The van der Waals surface area contributed by atoms with Crippen LogP contribution in [0.1, 0.15) is 5.56 Å². The third-order valence-corrected chi connectivity index (χ3v) is 1.69. The molecule has 0 unspecified atom stereocenters. The fourth-order valence-corrected chi connectivity index (χ4v) is 1.10. The molecule has 16 heavy (non-hydrogen) atoms. The number of benzene rings is 1. The Morgan fingerprint density at radius 2 is 2.06 bits per heavy atom. The molecule has 0 spiro atoms. The van der Waals surface area contributed by atoms with E-state index in [-0.39, 0.29) is 12.4 Å². The number of hydrogen-bond donors (Lipinski definition) is 0. The molecule has 0 heterocycles. The Morgan fingerprint density at radius 3 is 2.56 bits per heavy atom. The molecular formula is C11H9F3O2. The van der Waals surface area contributed by atoms with Crippen molar-refractivity contribution in [2.45, 2.75) is 13.3 Å². The fraction of sp³-hybridized carbons (Fsp3) is 0.273. The maximum Gasteiger partial charge on any atom is 0.573 e. The second-order valence-electron chi connectivity index (χ2n) is 2.97. The quantitative estimate of drug-likeness (QED) is 0.743. The summed E-state index contributed by atoms with van der Waals surface area (Å²) < 4.78 is 44.5. The average molecular weight is 230 g/mol. The van der Waals surface area contributed by atoms with Crippen molar-refractivity contribution in [3.05, 3.63) is 23.8 Å². The maximum absolute atomic E-state index is 11.9. The highest BCUT2D eigenvalue weighted by atomic mass is 19.4. The molecule has 1 aromatic carbocycles. The first-order chi connectivity index (χ1) is 7.42. The number of halogens is 3. The molecule has 0 saturated heterocycles. The molecule has 0 aromatic heterocycles. The molecule has 1 rings (SSSR count). The van der Waals surface area contributed by atoms with E-state index in [1.807, 2.05) is 0 Å². The number of terminal acetylenes is 1. The van der Waals surface area contributed by atoms with Crippen LogP contribution in [0.4, 0.5) is 13.2 Å². The van der Waals surface area contributed by atoms with E-state index in [1.54, 1.807) is 6.92 Å². The van der Waals surface area contributed by atoms with Crippen molar-refractivity contribution in [2.24, 2.45) is 0 Å². The van der Waals surface area contributed by atoms with Crippen LogP contribution in [0.15, 0.2) is 18.2 Å². The van der Waals surface area contributed by atoms with E-state index >= 15 is 0 Å². The summed E-state index contributed by atoms with van der Waals surface area (Å²) in [6.07, 6.45) is 0.304. The lowest BCUT2D eigenvalue weighted by atomic mass is 10.2. The zero-order valence-electron chi connectivity index (χ0n) is 8.47. The Bertz CT molecular complexity index is 405. The third-order valence-electron chi connectivity index (χ3n) is 1.69. The topological polar surface area (TPSA) is 18.5 Å². The Labute approximate surface area is 91.0 Å². The lowest BCUT2D eigenvalue weighted by molar-refractivity contribution is -0.274. The van der Waals surface area contributed by atoms with Crippen LogP contribution in [-0.2, 0) is 0 Å². The molecule has 5 heteroatoms. The van der Waals surface area contributed by atoms with Gasteiger partial charge in [-0.15, -0.1) is 19.6 Å². The second-order valence-corrected chi connectivity index (χ2v) is 2.97. The van der Waals surface area contributed by atoms with E-state index in [1.165, 1.54) is 18.2 Å². The molecule has 0 amide bonds. The third kappa shape index (κ3) is 3.73. The summed E-state index contributed by atoms with van der Waals surface area (Å²) in [6.45, 7) is 1.68. The van der Waals surface area contributed by atoms with E-state index < -0.39 is 6.36 Å². The number of aryl methyl sites for hydroxylation is 1. The first-order valence-electron chi connectivity index (χ1n) is 4.35. The van der Waals surface area contributed by atoms with Gasteiger partial charge in [-0.1, -0.05) is 5.92 Å². The van der Waals surface area contributed by atoms with Gasteiger partial charge in [-0.3, -0.25) is 0 Å². The van der Waals surface area contributed by atoms with Gasteiger partial charge in [-0.05, 0) is 30.7 Å². The van der Waals surface area contributed by atoms with Gasteiger partial charge in [0.05, 0.1) is 0 Å². The number of rotatable bonds is 3. The maximum atomic E-state index is 11.9. The zero-order valence-corrected chi connectivity index (χ0v) is 8.47. The highest BCUT2D eigenvalue weighted by Crippen LogP contribution is 2.27. The van der Waals surface area contributed by atoms with E-state index in [9.17, 15) is 13.2 Å². The Kier molecular flexibility index (Phi) is 3.67. The molecule has 0 radical (unpaired) electrons. The lowest BCUT2D eigenvalue weighted by Gasteiger charge is -2.11. The minimum atomic E-state index is -4.69. The summed E-state index contributed by atoms with van der Waals surface area (Å²) in [5.41, 5.74) is 0.525. The zero-order chi connectivity index (χ0) is 12.2. The minimum absolute atomic E-state index is 0.0698. The summed E-state index contributed by atoms with van der Waals surface area (Å²) >= 11 is 0. The molecule has 0 aliphatic rings. The van der Waals surface area contributed by atoms with Crippen molar-refractivity contribution in [2.75, 3.05) is 6.61 Å². The van der Waals surface area contributed by atoms with Gasteiger partial charge >= 0.3 is 6.36 Å². The molecule has 86 valence electrons. The largest absolute Gasteiger partial charge is 0.573 e. The van der Waals surface area contributed by atoms with Gasteiger partial charge in [0.25, 0.3) is 0 Å². The summed E-state index contributed by atoms with van der Waals surface area (Å²) in [5, 5.41) is 0. The molecule has 0 aliphatic carbocycles. The van der Waals surface area contributed by atoms with Crippen LogP contribution in [-0.4, -0.2) is 13.0 Å². The minimum Gasteiger partial charge on any atom is -0.481 e. The van der Waals surface area contributed by atoms with Crippen LogP contribution >= 0.6 is 0 Å². The standard InChI is InChI=1S/C11H9F3O2/c1-3-6-15-10-5-4-9(7-8(10)2)16-11(12,13)14/h1,4-5,7H,6H2,2H3. The lowest BCUT2D eigenvalue weighted by Crippen LogP contribution is -2.17. The van der Waals surface area contributed by atoms with Crippen molar-refractivity contribution >= 4 is 0 Å². The molecule has 1 aromatic rings. The van der Waals surface area contributed by atoms with Gasteiger partial charge in [-0.2, -0.15) is 0 Å². The van der Waals surface area contributed by atoms with E-state index in [2.05, 4.69) is 10.7 Å². The smallest absolute Gasteiger partial charge is 0.481 e. The first kappa shape index (κ1) is 12.2. The van der Waals surface area contributed by atoms with Gasteiger partial charge in [0.2, 0.25) is 0 Å². The van der Waals surface area contributed by atoms with Crippen LogP contribution in [0, 0.1) is 19.3 Å². The normalized spacial score (nSPS) is 10.7. The van der Waals surface area contributed by atoms with Crippen LogP contribution in [0.2, 0.25) is 0 Å². The molecule has 0 aliphatic heterocycles.